The molecular weight excluding hydrogens is 459 g/mol. The van der Waals surface area contributed by atoms with Crippen molar-refractivity contribution in [1.29, 1.82) is 0 Å². The largest absolute Gasteiger partial charge is 0.496 e. The maximum absolute atomic E-state index is 14.0. The monoisotopic (exact) mass is 502 g/mol. The number of halogens is 3. The molecule has 1 N–H and O–H groups in total. The van der Waals surface area contributed by atoms with E-state index in [1.54, 1.807) is 5.32 Å². The van der Waals surface area contributed by atoms with Crippen LogP contribution in [0.25, 0.3) is 0 Å². The molecule has 1 saturated carbocycles. The van der Waals surface area contributed by atoms with Gasteiger partial charge in [0.25, 0.3) is 0 Å². The van der Waals surface area contributed by atoms with Crippen molar-refractivity contribution in [2.45, 2.75) is 56.9 Å². The molecule has 35 heavy (non-hydrogen) atoms. The molecule has 1 aliphatic carbocycles. The molecule has 190 valence electrons. The third kappa shape index (κ3) is 4.78. The number of ether oxygens (including phenoxy) is 1. The summed E-state index contributed by atoms with van der Waals surface area (Å²) in [6.07, 6.45) is -3.78. The first-order valence-corrected chi connectivity index (χ1v) is 11.2. The van der Waals surface area contributed by atoms with Gasteiger partial charge in [-0.1, -0.05) is 12.1 Å². The van der Waals surface area contributed by atoms with E-state index in [2.05, 4.69) is 5.10 Å². The van der Waals surface area contributed by atoms with Gasteiger partial charge in [-0.05, 0) is 49.4 Å². The fraction of sp³-hybridized carbons (Fsp3) is 0.600. The highest BCUT2D eigenvalue weighted by Crippen LogP contribution is 2.42. The number of nitrogens with one attached hydrogen (secondary N) is 1. The van der Waals surface area contributed by atoms with E-state index in [-0.39, 0.29) is 41.5 Å². The van der Waals surface area contributed by atoms with Crippen molar-refractivity contribution >= 4 is 5.91 Å². The maximum atomic E-state index is 14.0. The summed E-state index contributed by atoms with van der Waals surface area (Å²) >= 11 is 0. The predicted octanol–water partition coefficient (Wildman–Crippen LogP) is 3.34. The Bertz CT molecular complexity index is 1490. The Kier molecular flexibility index (Phi) is 3.85. The van der Waals surface area contributed by atoms with Crippen LogP contribution in [0.5, 0.6) is 5.75 Å². The van der Waals surface area contributed by atoms with Gasteiger partial charge in [0, 0.05) is 55.5 Å². The second-order valence-electron chi connectivity index (χ2n) is 8.81. The quantitative estimate of drug-likeness (QED) is 0.657. The molecule has 0 bridgehead atoms. The SMILES string of the molecule is [2H]C([2H])([2H])Oc1cccc([C@H]2[C@@H](N3C([2H])([2H])C([2H])([2H])NC([2H])([2H])C3([2H])[2H])CCN2C(=O)Cn2nc(C3CC3)cc2C(F)(F)F)c1C. The van der Waals surface area contributed by atoms with Crippen LogP contribution in [0, 0.1) is 6.92 Å². The van der Waals surface area contributed by atoms with Crippen molar-refractivity contribution in [3.63, 3.8) is 0 Å². The Morgan fingerprint density at radius 1 is 1.29 bits per heavy atom. The molecular formula is C25H32F3N5O2. The number of likely N-dealkylation sites (tertiary alicyclic amines) is 1. The van der Waals surface area contributed by atoms with Crippen LogP contribution in [0.3, 0.4) is 0 Å². The topological polar surface area (TPSA) is 62.6 Å². The maximum Gasteiger partial charge on any atom is 0.433 e. The molecule has 5 rings (SSSR count). The van der Waals surface area contributed by atoms with Gasteiger partial charge in [0.15, 0.2) is 0 Å². The summed E-state index contributed by atoms with van der Waals surface area (Å²) in [5.74, 6) is -1.23. The number of alkyl halides is 3. The molecule has 2 atom stereocenters. The van der Waals surface area contributed by atoms with Gasteiger partial charge < -0.3 is 15.0 Å². The summed E-state index contributed by atoms with van der Waals surface area (Å²) in [5, 5.41) is 5.81. The molecule has 1 aromatic heterocycles. The van der Waals surface area contributed by atoms with E-state index < -0.39 is 69.4 Å². The molecule has 0 unspecified atom stereocenters. The summed E-state index contributed by atoms with van der Waals surface area (Å²) in [6.45, 7) is -12.5. The summed E-state index contributed by atoms with van der Waals surface area (Å²) in [5.41, 5.74) is -0.691. The zero-order valence-electron chi connectivity index (χ0n) is 29.8. The van der Waals surface area contributed by atoms with Crippen molar-refractivity contribution < 1.29 is 37.8 Å². The van der Waals surface area contributed by atoms with E-state index in [4.69, 9.17) is 19.8 Å². The molecule has 3 heterocycles. The van der Waals surface area contributed by atoms with Crippen LogP contribution >= 0.6 is 0 Å². The number of benzene rings is 1. The van der Waals surface area contributed by atoms with Crippen LogP contribution in [0.15, 0.2) is 24.3 Å². The molecule has 3 aliphatic rings. The van der Waals surface area contributed by atoms with E-state index in [9.17, 15) is 18.0 Å². The van der Waals surface area contributed by atoms with Gasteiger partial charge in [0.2, 0.25) is 5.91 Å². The number of amides is 1. The number of hydrogen-bond acceptors (Lipinski definition) is 5. The Morgan fingerprint density at radius 2 is 2.06 bits per heavy atom. The van der Waals surface area contributed by atoms with E-state index in [0.717, 1.165) is 11.0 Å². The second-order valence-corrected chi connectivity index (χ2v) is 8.81. The Balaban J connectivity index is 1.62. The Labute approximate surface area is 218 Å². The van der Waals surface area contributed by atoms with Crippen LogP contribution in [-0.2, 0) is 17.5 Å². The van der Waals surface area contributed by atoms with Gasteiger partial charge in [0.1, 0.15) is 18.0 Å². The average molecular weight is 503 g/mol. The standard InChI is InChI=1S/C25H32F3N5O2/c1-16-18(4-3-5-21(16)35-2)24-20(31-12-9-29-10-13-31)8-11-32(24)23(34)15-33-22(25(26,27)28)14-19(30-33)17-6-7-17/h3-5,14,17,20,24,29H,6-13,15H2,1-2H3/t20-,24-/m0/s1/i2D3,9D2,10D2,12D2,13D2. The molecule has 0 spiro atoms. The summed E-state index contributed by atoms with van der Waals surface area (Å²) in [4.78, 5) is 15.4. The average Bonchev–Trinajstić information content (AvgIpc) is 3.50. The first kappa shape index (κ1) is 14.2. The lowest BCUT2D eigenvalue weighted by molar-refractivity contribution is -0.146. The predicted molar refractivity (Wildman–Crippen MR) is 124 cm³/mol. The third-order valence-corrected chi connectivity index (χ3v) is 6.62. The van der Waals surface area contributed by atoms with Crippen molar-refractivity contribution in [3.8, 4) is 5.75 Å². The molecule has 10 heteroatoms. The molecule has 1 amide bonds. The van der Waals surface area contributed by atoms with Gasteiger partial charge in [0.05, 0.1) is 22.9 Å². The van der Waals surface area contributed by atoms with Crippen molar-refractivity contribution in [2.24, 2.45) is 0 Å². The van der Waals surface area contributed by atoms with Crippen molar-refractivity contribution in [1.82, 2.24) is 24.9 Å². The number of nitrogens with zero attached hydrogens (tertiary/aromatic N) is 4. The molecule has 2 aliphatic heterocycles. The van der Waals surface area contributed by atoms with Crippen molar-refractivity contribution in [3.05, 3.63) is 46.8 Å². The minimum atomic E-state index is -4.84. The lowest BCUT2D eigenvalue weighted by Crippen LogP contribution is -2.50. The number of aromatic nitrogens is 2. The third-order valence-electron chi connectivity index (χ3n) is 6.62. The molecule has 2 aromatic rings. The number of hydrogen-bond donors (Lipinski definition) is 1. The fourth-order valence-corrected chi connectivity index (χ4v) is 4.75. The zero-order valence-corrected chi connectivity index (χ0v) is 18.8. The molecule has 3 fully saturated rings. The number of rotatable bonds is 6. The van der Waals surface area contributed by atoms with Crippen molar-refractivity contribution in [2.75, 3.05) is 39.6 Å². The van der Waals surface area contributed by atoms with Crippen LogP contribution in [0.4, 0.5) is 13.2 Å². The number of piperazine rings is 1. The molecule has 2 saturated heterocycles. The van der Waals surface area contributed by atoms with E-state index in [0.29, 0.717) is 22.4 Å². The molecule has 7 nitrogen and oxygen atoms in total. The lowest BCUT2D eigenvalue weighted by Gasteiger charge is -2.38. The Morgan fingerprint density at radius 3 is 2.74 bits per heavy atom. The van der Waals surface area contributed by atoms with Gasteiger partial charge in [-0.3, -0.25) is 14.4 Å². The number of methoxy groups -OCH3 is 1. The fourth-order valence-electron chi connectivity index (χ4n) is 4.75. The minimum absolute atomic E-state index is 0.124. The first-order valence-electron chi connectivity index (χ1n) is 16.7. The van der Waals surface area contributed by atoms with E-state index >= 15 is 0 Å². The Hall–Kier alpha value is -2.59. The highest BCUT2D eigenvalue weighted by Gasteiger charge is 2.44. The highest BCUT2D eigenvalue weighted by atomic mass is 19.4. The minimum Gasteiger partial charge on any atom is -0.496 e. The van der Waals surface area contributed by atoms with Gasteiger partial charge >= 0.3 is 6.18 Å². The summed E-state index contributed by atoms with van der Waals surface area (Å²) in [7, 11) is -2.90. The van der Waals surface area contributed by atoms with Crippen LogP contribution in [-0.4, -0.2) is 71.1 Å². The summed E-state index contributed by atoms with van der Waals surface area (Å²) < 4.78 is 138. The smallest absolute Gasteiger partial charge is 0.433 e. The normalized spacial score (nSPS) is 34.4. The van der Waals surface area contributed by atoms with Gasteiger partial charge in [-0.2, -0.15) is 18.3 Å². The lowest BCUT2D eigenvalue weighted by atomic mass is 9.94. The van der Waals surface area contributed by atoms with Crippen LogP contribution in [0.2, 0.25) is 0 Å². The zero-order chi connectivity index (χ0) is 34.4. The number of carbonyl (C=O) groups excluding carboxylic acids is 1. The number of carbonyl (C=O) groups is 1. The van der Waals surface area contributed by atoms with E-state index in [1.807, 2.05) is 0 Å². The van der Waals surface area contributed by atoms with Crippen LogP contribution in [0.1, 0.15) is 68.8 Å². The van der Waals surface area contributed by atoms with E-state index in [1.165, 1.54) is 25.1 Å². The van der Waals surface area contributed by atoms with Gasteiger partial charge in [-0.15, -0.1) is 0 Å². The second kappa shape index (κ2) is 9.46. The van der Waals surface area contributed by atoms with Crippen LogP contribution < -0.4 is 10.1 Å². The molecule has 0 radical (unpaired) electrons. The molecule has 1 aromatic carbocycles. The summed E-state index contributed by atoms with van der Waals surface area (Å²) in [6, 6.07) is 2.13. The van der Waals surface area contributed by atoms with Gasteiger partial charge in [-0.25, -0.2) is 0 Å². The highest BCUT2D eigenvalue weighted by molar-refractivity contribution is 5.77. The first-order chi connectivity index (χ1) is 20.9.